The van der Waals surface area contributed by atoms with Gasteiger partial charge in [-0.1, -0.05) is 24.3 Å². The molecule has 2 heterocycles. The number of aromatic nitrogens is 3. The van der Waals surface area contributed by atoms with Crippen LogP contribution in [-0.2, 0) is 24.2 Å². The number of hydrogen-bond acceptors (Lipinski definition) is 4. The lowest BCUT2D eigenvalue weighted by Crippen LogP contribution is -2.44. The van der Waals surface area contributed by atoms with Crippen molar-refractivity contribution in [1.82, 2.24) is 25.4 Å². The number of aryl methyl sites for hydroxylation is 2. The van der Waals surface area contributed by atoms with Gasteiger partial charge in [-0.2, -0.15) is 5.10 Å². The molecule has 25 heavy (non-hydrogen) atoms. The molecule has 1 aliphatic heterocycles. The fourth-order valence-electron chi connectivity index (χ4n) is 4.01. The Balaban J connectivity index is 1.24. The standard InChI is InChI=1S/C19H25N5O/c25-19(11-20-16-8-9-18-22-13-23-24(18)12-16)21-10-15-6-3-5-14-4-1-2-7-17(14)15/h1-2,4,7,13,15-16,20H,3,5-6,8-12H2,(H,21,25). The molecular weight excluding hydrogens is 314 g/mol. The molecule has 6 heteroatoms. The second-order valence-corrected chi connectivity index (χ2v) is 7.07. The van der Waals surface area contributed by atoms with Crippen molar-refractivity contribution >= 4 is 5.91 Å². The van der Waals surface area contributed by atoms with Crippen LogP contribution in [0.2, 0.25) is 0 Å². The number of hydrogen-bond donors (Lipinski definition) is 2. The Kier molecular flexibility index (Phi) is 4.78. The summed E-state index contributed by atoms with van der Waals surface area (Å²) in [6, 6.07) is 8.92. The summed E-state index contributed by atoms with van der Waals surface area (Å²) in [7, 11) is 0. The summed E-state index contributed by atoms with van der Waals surface area (Å²) in [6.45, 7) is 1.89. The Hall–Kier alpha value is -2.21. The predicted octanol–water partition coefficient (Wildman–Crippen LogP) is 1.42. The van der Waals surface area contributed by atoms with Gasteiger partial charge in [0.05, 0.1) is 13.1 Å². The van der Waals surface area contributed by atoms with Crippen molar-refractivity contribution in [2.45, 2.75) is 50.6 Å². The highest BCUT2D eigenvalue weighted by molar-refractivity contribution is 5.78. The van der Waals surface area contributed by atoms with Gasteiger partial charge < -0.3 is 10.6 Å². The SMILES string of the molecule is O=C(CNC1CCc2ncnn2C1)NCC1CCCc2ccccc21. The highest BCUT2D eigenvalue weighted by atomic mass is 16.1. The maximum absolute atomic E-state index is 12.2. The Bertz CT molecular complexity index is 741. The molecular formula is C19H25N5O. The van der Waals surface area contributed by atoms with Crippen molar-refractivity contribution in [1.29, 1.82) is 0 Å². The van der Waals surface area contributed by atoms with Gasteiger partial charge in [-0.3, -0.25) is 4.79 Å². The van der Waals surface area contributed by atoms with Gasteiger partial charge in [-0.15, -0.1) is 0 Å². The highest BCUT2D eigenvalue weighted by Gasteiger charge is 2.22. The van der Waals surface area contributed by atoms with E-state index >= 15 is 0 Å². The minimum absolute atomic E-state index is 0.0763. The summed E-state index contributed by atoms with van der Waals surface area (Å²) in [5, 5.41) is 10.7. The predicted molar refractivity (Wildman–Crippen MR) is 95.3 cm³/mol. The Morgan fingerprint density at radius 1 is 1.24 bits per heavy atom. The number of carbonyl (C=O) groups excluding carboxylic acids is 1. The molecule has 0 bridgehead atoms. The first-order valence-electron chi connectivity index (χ1n) is 9.24. The second kappa shape index (κ2) is 7.35. The highest BCUT2D eigenvalue weighted by Crippen LogP contribution is 2.30. The molecule has 0 fully saturated rings. The van der Waals surface area contributed by atoms with Crippen LogP contribution < -0.4 is 10.6 Å². The van der Waals surface area contributed by atoms with Crippen LogP contribution in [0, 0.1) is 0 Å². The molecule has 1 amide bonds. The second-order valence-electron chi connectivity index (χ2n) is 7.07. The van der Waals surface area contributed by atoms with Gasteiger partial charge in [0.2, 0.25) is 5.91 Å². The summed E-state index contributed by atoms with van der Waals surface area (Å²) in [6.07, 6.45) is 7.04. The fraction of sp³-hybridized carbons (Fsp3) is 0.526. The van der Waals surface area contributed by atoms with Crippen molar-refractivity contribution in [3.8, 4) is 0 Å². The van der Waals surface area contributed by atoms with E-state index in [2.05, 4.69) is 45.0 Å². The number of benzene rings is 1. The number of rotatable bonds is 5. The molecule has 0 spiro atoms. The van der Waals surface area contributed by atoms with E-state index in [-0.39, 0.29) is 11.9 Å². The van der Waals surface area contributed by atoms with Crippen LogP contribution in [0.5, 0.6) is 0 Å². The average molecular weight is 339 g/mol. The number of carbonyl (C=O) groups is 1. The lowest BCUT2D eigenvalue weighted by molar-refractivity contribution is -0.120. The molecule has 1 aromatic heterocycles. The van der Waals surface area contributed by atoms with E-state index in [1.807, 2.05) is 4.68 Å². The minimum Gasteiger partial charge on any atom is -0.354 e. The normalized spacial score (nSPS) is 22.1. The maximum atomic E-state index is 12.2. The van der Waals surface area contributed by atoms with Gasteiger partial charge in [0.15, 0.2) is 0 Å². The van der Waals surface area contributed by atoms with Crippen LogP contribution in [0.1, 0.15) is 42.1 Å². The molecule has 6 nitrogen and oxygen atoms in total. The average Bonchev–Trinajstić information content (AvgIpc) is 3.12. The lowest BCUT2D eigenvalue weighted by atomic mass is 9.83. The largest absolute Gasteiger partial charge is 0.354 e. The summed E-state index contributed by atoms with van der Waals surface area (Å²) in [5.74, 6) is 1.56. The van der Waals surface area contributed by atoms with Crippen LogP contribution >= 0.6 is 0 Å². The topological polar surface area (TPSA) is 71.8 Å². The third-order valence-electron chi connectivity index (χ3n) is 5.40. The van der Waals surface area contributed by atoms with Crippen LogP contribution in [0.25, 0.3) is 0 Å². The number of nitrogens with zero attached hydrogens (tertiary/aromatic N) is 3. The molecule has 0 saturated heterocycles. The third-order valence-corrected chi connectivity index (χ3v) is 5.40. The summed E-state index contributed by atoms with van der Waals surface area (Å²) >= 11 is 0. The summed E-state index contributed by atoms with van der Waals surface area (Å²) in [5.41, 5.74) is 2.85. The molecule has 2 unspecified atom stereocenters. The van der Waals surface area contributed by atoms with Crippen molar-refractivity contribution in [3.63, 3.8) is 0 Å². The molecule has 132 valence electrons. The molecule has 4 rings (SSSR count). The van der Waals surface area contributed by atoms with Gasteiger partial charge in [0.25, 0.3) is 0 Å². The third kappa shape index (κ3) is 3.74. The smallest absolute Gasteiger partial charge is 0.233 e. The number of fused-ring (bicyclic) bond motifs is 2. The van der Waals surface area contributed by atoms with Crippen molar-refractivity contribution < 1.29 is 4.79 Å². The van der Waals surface area contributed by atoms with Crippen molar-refractivity contribution in [2.75, 3.05) is 13.1 Å². The monoisotopic (exact) mass is 339 g/mol. The van der Waals surface area contributed by atoms with Crippen LogP contribution in [0.15, 0.2) is 30.6 Å². The van der Waals surface area contributed by atoms with Gasteiger partial charge in [0, 0.05) is 24.9 Å². The van der Waals surface area contributed by atoms with Gasteiger partial charge in [-0.25, -0.2) is 9.67 Å². The van der Waals surface area contributed by atoms with E-state index < -0.39 is 0 Å². The van der Waals surface area contributed by atoms with E-state index in [0.29, 0.717) is 12.5 Å². The zero-order valence-electron chi connectivity index (χ0n) is 14.4. The van der Waals surface area contributed by atoms with Gasteiger partial charge in [0.1, 0.15) is 12.2 Å². The zero-order valence-corrected chi connectivity index (χ0v) is 14.4. The van der Waals surface area contributed by atoms with E-state index in [4.69, 9.17) is 0 Å². The molecule has 2 atom stereocenters. The zero-order chi connectivity index (χ0) is 17.1. The quantitative estimate of drug-likeness (QED) is 0.864. The molecule has 0 saturated carbocycles. The number of amides is 1. The Morgan fingerprint density at radius 2 is 2.16 bits per heavy atom. The maximum Gasteiger partial charge on any atom is 0.233 e. The minimum atomic E-state index is 0.0763. The molecule has 2 aromatic rings. The molecule has 0 radical (unpaired) electrons. The lowest BCUT2D eigenvalue weighted by Gasteiger charge is -2.26. The number of nitrogens with one attached hydrogen (secondary N) is 2. The van der Waals surface area contributed by atoms with Crippen LogP contribution in [0.4, 0.5) is 0 Å². The van der Waals surface area contributed by atoms with E-state index in [0.717, 1.165) is 44.6 Å². The van der Waals surface area contributed by atoms with E-state index in [1.165, 1.54) is 17.5 Å². The molecule has 1 aliphatic carbocycles. The Labute approximate surface area is 148 Å². The molecule has 1 aromatic carbocycles. The first-order chi connectivity index (χ1) is 12.3. The van der Waals surface area contributed by atoms with E-state index in [1.54, 1.807) is 6.33 Å². The van der Waals surface area contributed by atoms with Gasteiger partial charge >= 0.3 is 0 Å². The van der Waals surface area contributed by atoms with E-state index in [9.17, 15) is 4.79 Å². The van der Waals surface area contributed by atoms with Crippen LogP contribution in [-0.4, -0.2) is 39.8 Å². The van der Waals surface area contributed by atoms with Crippen molar-refractivity contribution in [3.05, 3.63) is 47.5 Å². The van der Waals surface area contributed by atoms with Crippen LogP contribution in [0.3, 0.4) is 0 Å². The fourth-order valence-corrected chi connectivity index (χ4v) is 4.01. The molecule has 2 N–H and O–H groups in total. The van der Waals surface area contributed by atoms with Gasteiger partial charge in [-0.05, 0) is 36.8 Å². The first kappa shape index (κ1) is 16.3. The van der Waals surface area contributed by atoms with Crippen molar-refractivity contribution in [2.24, 2.45) is 0 Å². The summed E-state index contributed by atoms with van der Waals surface area (Å²) in [4.78, 5) is 16.5. The Morgan fingerprint density at radius 3 is 3.12 bits per heavy atom. The summed E-state index contributed by atoms with van der Waals surface area (Å²) < 4.78 is 1.93. The first-order valence-corrected chi connectivity index (χ1v) is 9.24. The molecule has 2 aliphatic rings.